The van der Waals surface area contributed by atoms with Gasteiger partial charge < -0.3 is 10.1 Å². The summed E-state index contributed by atoms with van der Waals surface area (Å²) in [7, 11) is 3.77. The fourth-order valence-electron chi connectivity index (χ4n) is 2.69. The smallest absolute Gasteiger partial charge is 0.133 e. The van der Waals surface area contributed by atoms with E-state index in [1.807, 2.05) is 6.07 Å². The molecule has 1 N–H and O–H groups in total. The summed E-state index contributed by atoms with van der Waals surface area (Å²) < 4.78 is 6.30. The van der Waals surface area contributed by atoms with Crippen LogP contribution < -0.4 is 10.1 Å². The summed E-state index contributed by atoms with van der Waals surface area (Å²) in [5, 5.41) is 3.38. The molecule has 1 aliphatic carbocycles. The molecule has 1 fully saturated rings. The minimum atomic E-state index is 0.724. The van der Waals surface area contributed by atoms with E-state index in [4.69, 9.17) is 4.74 Å². The highest BCUT2D eigenvalue weighted by molar-refractivity contribution is 9.10. The summed E-state index contributed by atoms with van der Waals surface area (Å²) in [6, 6.07) is 7.13. The lowest BCUT2D eigenvalue weighted by Gasteiger charge is -2.12. The lowest BCUT2D eigenvalue weighted by Crippen LogP contribution is -2.21. The van der Waals surface area contributed by atoms with Crippen molar-refractivity contribution in [2.75, 3.05) is 14.2 Å². The van der Waals surface area contributed by atoms with E-state index in [1.165, 1.54) is 31.2 Å². The first-order valence-electron chi connectivity index (χ1n) is 6.22. The molecule has 1 saturated carbocycles. The molecule has 1 aliphatic rings. The molecule has 0 saturated heterocycles. The van der Waals surface area contributed by atoms with Gasteiger partial charge in [-0.3, -0.25) is 0 Å². The molecule has 2 atom stereocenters. The Labute approximate surface area is 112 Å². The van der Waals surface area contributed by atoms with Crippen LogP contribution in [0.25, 0.3) is 0 Å². The quantitative estimate of drug-likeness (QED) is 0.920. The molecular weight excluding hydrogens is 278 g/mol. The molecule has 0 aromatic heterocycles. The molecule has 2 unspecified atom stereocenters. The fourth-order valence-corrected chi connectivity index (χ4v) is 3.28. The molecule has 2 nitrogen and oxygen atoms in total. The molecule has 1 aromatic rings. The van der Waals surface area contributed by atoms with Gasteiger partial charge >= 0.3 is 0 Å². The van der Waals surface area contributed by atoms with Gasteiger partial charge in [0.25, 0.3) is 0 Å². The number of halogens is 1. The van der Waals surface area contributed by atoms with Crippen LogP contribution >= 0.6 is 15.9 Å². The normalized spacial score (nSPS) is 23.9. The third kappa shape index (κ3) is 3.23. The summed E-state index contributed by atoms with van der Waals surface area (Å²) >= 11 is 3.54. The second kappa shape index (κ2) is 5.87. The molecule has 0 heterocycles. The van der Waals surface area contributed by atoms with Crippen molar-refractivity contribution < 1.29 is 4.74 Å². The van der Waals surface area contributed by atoms with Gasteiger partial charge in [0.05, 0.1) is 11.6 Å². The van der Waals surface area contributed by atoms with Crippen LogP contribution in [0.5, 0.6) is 5.75 Å². The highest BCUT2D eigenvalue weighted by atomic mass is 79.9. The van der Waals surface area contributed by atoms with Gasteiger partial charge in [-0.25, -0.2) is 0 Å². The van der Waals surface area contributed by atoms with Crippen LogP contribution in [0.15, 0.2) is 22.7 Å². The van der Waals surface area contributed by atoms with Gasteiger partial charge in [-0.15, -0.1) is 0 Å². The van der Waals surface area contributed by atoms with E-state index in [-0.39, 0.29) is 0 Å². The Morgan fingerprint density at radius 1 is 1.41 bits per heavy atom. The first kappa shape index (κ1) is 12.9. The number of hydrogen-bond donors (Lipinski definition) is 1. The van der Waals surface area contributed by atoms with Crippen LogP contribution in [-0.4, -0.2) is 20.2 Å². The molecule has 0 bridgehead atoms. The molecule has 1 aromatic carbocycles. The van der Waals surface area contributed by atoms with E-state index >= 15 is 0 Å². The summed E-state index contributed by atoms with van der Waals surface area (Å²) in [5.41, 5.74) is 1.40. The summed E-state index contributed by atoms with van der Waals surface area (Å²) in [5.74, 6) is 1.74. The van der Waals surface area contributed by atoms with E-state index in [1.54, 1.807) is 7.11 Å². The summed E-state index contributed by atoms with van der Waals surface area (Å²) in [6.45, 7) is 0. The van der Waals surface area contributed by atoms with Gasteiger partial charge in [-0.1, -0.05) is 6.07 Å². The van der Waals surface area contributed by atoms with Crippen molar-refractivity contribution in [3.63, 3.8) is 0 Å². The van der Waals surface area contributed by atoms with Crippen molar-refractivity contribution in [1.82, 2.24) is 5.32 Å². The maximum atomic E-state index is 5.25. The van der Waals surface area contributed by atoms with E-state index in [0.29, 0.717) is 0 Å². The number of rotatable bonds is 4. The van der Waals surface area contributed by atoms with E-state index in [9.17, 15) is 0 Å². The van der Waals surface area contributed by atoms with Crippen molar-refractivity contribution in [3.8, 4) is 5.75 Å². The van der Waals surface area contributed by atoms with Crippen molar-refractivity contribution in [3.05, 3.63) is 28.2 Å². The number of ether oxygens (including phenoxy) is 1. The highest BCUT2D eigenvalue weighted by Crippen LogP contribution is 2.31. The SMILES string of the molecule is CNC1CCC(Cc2ccc(OC)c(Br)c2)C1. The average molecular weight is 298 g/mol. The Hall–Kier alpha value is -0.540. The topological polar surface area (TPSA) is 21.3 Å². The minimum absolute atomic E-state index is 0.724. The highest BCUT2D eigenvalue weighted by Gasteiger charge is 2.23. The number of benzene rings is 1. The Bertz CT molecular complexity index is 380. The summed E-state index contributed by atoms with van der Waals surface area (Å²) in [4.78, 5) is 0. The predicted octanol–water partition coefficient (Wildman–Crippen LogP) is 3.39. The number of nitrogens with one attached hydrogen (secondary N) is 1. The predicted molar refractivity (Wildman–Crippen MR) is 74.6 cm³/mol. The van der Waals surface area contributed by atoms with Crippen molar-refractivity contribution in [2.45, 2.75) is 31.7 Å². The van der Waals surface area contributed by atoms with E-state index in [2.05, 4.69) is 40.4 Å². The lowest BCUT2D eigenvalue weighted by molar-refractivity contribution is 0.411. The molecule has 94 valence electrons. The number of methoxy groups -OCH3 is 1. The first-order chi connectivity index (χ1) is 8.22. The Morgan fingerprint density at radius 2 is 2.24 bits per heavy atom. The van der Waals surface area contributed by atoms with E-state index in [0.717, 1.165) is 22.2 Å². The molecule has 0 amide bonds. The second-order valence-electron chi connectivity index (χ2n) is 4.84. The first-order valence-corrected chi connectivity index (χ1v) is 7.02. The van der Waals surface area contributed by atoms with Crippen molar-refractivity contribution in [1.29, 1.82) is 0 Å². The van der Waals surface area contributed by atoms with Gasteiger partial charge in [0.1, 0.15) is 5.75 Å². The molecule has 0 aliphatic heterocycles. The third-order valence-electron chi connectivity index (χ3n) is 3.69. The van der Waals surface area contributed by atoms with Crippen LogP contribution in [0.3, 0.4) is 0 Å². The molecule has 2 rings (SSSR count). The van der Waals surface area contributed by atoms with Crippen molar-refractivity contribution >= 4 is 15.9 Å². The zero-order chi connectivity index (χ0) is 12.3. The number of hydrogen-bond acceptors (Lipinski definition) is 2. The second-order valence-corrected chi connectivity index (χ2v) is 5.69. The fraction of sp³-hybridized carbons (Fsp3) is 0.571. The van der Waals surface area contributed by atoms with Crippen LogP contribution in [0, 0.1) is 5.92 Å². The maximum Gasteiger partial charge on any atom is 0.133 e. The van der Waals surface area contributed by atoms with Crippen LogP contribution in [0.2, 0.25) is 0 Å². The van der Waals surface area contributed by atoms with Gasteiger partial charge in [-0.2, -0.15) is 0 Å². The van der Waals surface area contributed by atoms with Gasteiger partial charge in [-0.05, 0) is 72.3 Å². The van der Waals surface area contributed by atoms with Crippen LogP contribution in [-0.2, 0) is 6.42 Å². The maximum absolute atomic E-state index is 5.25. The van der Waals surface area contributed by atoms with Gasteiger partial charge in [0, 0.05) is 6.04 Å². The monoisotopic (exact) mass is 297 g/mol. The molecule has 17 heavy (non-hydrogen) atoms. The standard InChI is InChI=1S/C14H20BrNO/c1-16-12-5-3-10(8-12)7-11-4-6-14(17-2)13(15)9-11/h4,6,9-10,12,16H,3,5,7-8H2,1-2H3. The lowest BCUT2D eigenvalue weighted by atomic mass is 9.98. The Kier molecular flexibility index (Phi) is 4.46. The summed E-state index contributed by atoms with van der Waals surface area (Å²) in [6.07, 6.45) is 5.15. The van der Waals surface area contributed by atoms with Gasteiger partial charge in [0.2, 0.25) is 0 Å². The minimum Gasteiger partial charge on any atom is -0.496 e. The Balaban J connectivity index is 1.97. The van der Waals surface area contributed by atoms with E-state index < -0.39 is 0 Å². The van der Waals surface area contributed by atoms with Crippen LogP contribution in [0.1, 0.15) is 24.8 Å². The molecule has 3 heteroatoms. The zero-order valence-electron chi connectivity index (χ0n) is 10.5. The molecule has 0 spiro atoms. The Morgan fingerprint density at radius 3 is 2.82 bits per heavy atom. The van der Waals surface area contributed by atoms with Crippen LogP contribution in [0.4, 0.5) is 0 Å². The largest absolute Gasteiger partial charge is 0.496 e. The zero-order valence-corrected chi connectivity index (χ0v) is 12.1. The third-order valence-corrected chi connectivity index (χ3v) is 4.31. The van der Waals surface area contributed by atoms with Gasteiger partial charge in [0.15, 0.2) is 0 Å². The molecular formula is C14H20BrNO. The molecule has 0 radical (unpaired) electrons. The van der Waals surface area contributed by atoms with Crippen molar-refractivity contribution in [2.24, 2.45) is 5.92 Å². The average Bonchev–Trinajstić information content (AvgIpc) is 2.77.